The Morgan fingerprint density at radius 2 is 2.05 bits per heavy atom. The molecule has 0 spiro atoms. The average molecular weight is 307 g/mol. The average Bonchev–Trinajstić information content (AvgIpc) is 3.20. The lowest BCUT2D eigenvalue weighted by Gasteiger charge is -2.02. The molecule has 0 saturated heterocycles. The fourth-order valence-corrected chi connectivity index (χ4v) is 2.92. The van der Waals surface area contributed by atoms with Gasteiger partial charge in [-0.3, -0.25) is 14.3 Å². The third-order valence-corrected chi connectivity index (χ3v) is 4.63. The van der Waals surface area contributed by atoms with Gasteiger partial charge in [0.1, 0.15) is 5.82 Å². The van der Waals surface area contributed by atoms with Crippen LogP contribution in [0.2, 0.25) is 0 Å². The summed E-state index contributed by atoms with van der Waals surface area (Å²) >= 11 is 1.21. The maximum atomic E-state index is 12.0. The lowest BCUT2D eigenvalue weighted by atomic mass is 10.2. The molecule has 5 nitrogen and oxygen atoms in total. The molecule has 1 amide bonds. The van der Waals surface area contributed by atoms with Crippen molar-refractivity contribution in [2.24, 2.45) is 0 Å². The molecule has 1 fully saturated rings. The Balaban J connectivity index is 1.69. The molecular formula is C13H13N3O2S2. The highest BCUT2D eigenvalue weighted by Gasteiger charge is 2.28. The molecule has 20 heavy (non-hydrogen) atoms. The molecule has 1 saturated carbocycles. The zero-order valence-electron chi connectivity index (χ0n) is 10.8. The molecular weight excluding hydrogens is 294 g/mol. The Labute approximate surface area is 123 Å². The fourth-order valence-electron chi connectivity index (χ4n) is 1.76. The van der Waals surface area contributed by atoms with E-state index in [9.17, 15) is 9.00 Å². The standard InChI is InChI=1S/C13H13N3O2S2/c1-20(18)10-6-4-9(5-7-10)12(17)15-13-14-11(16-19-13)8-2-3-8/h4-8H,2-3H2,1H3,(H,14,15,16,17). The maximum absolute atomic E-state index is 12.0. The topological polar surface area (TPSA) is 72.0 Å². The molecule has 1 aliphatic rings. The van der Waals surface area contributed by atoms with Gasteiger partial charge in [0.25, 0.3) is 5.91 Å². The Morgan fingerprint density at radius 1 is 1.35 bits per heavy atom. The zero-order chi connectivity index (χ0) is 14.1. The second-order valence-electron chi connectivity index (χ2n) is 4.66. The number of carbonyl (C=O) groups is 1. The van der Waals surface area contributed by atoms with Gasteiger partial charge in [-0.15, -0.1) is 0 Å². The van der Waals surface area contributed by atoms with Crippen LogP contribution in [0.15, 0.2) is 29.2 Å². The Hall–Kier alpha value is -1.60. The van der Waals surface area contributed by atoms with E-state index in [2.05, 4.69) is 14.7 Å². The fraction of sp³-hybridized carbons (Fsp3) is 0.308. The highest BCUT2D eigenvalue weighted by Crippen LogP contribution is 2.39. The van der Waals surface area contributed by atoms with Crippen molar-refractivity contribution in [1.29, 1.82) is 0 Å². The van der Waals surface area contributed by atoms with Gasteiger partial charge < -0.3 is 0 Å². The third-order valence-electron chi connectivity index (χ3n) is 3.05. The number of rotatable bonds is 4. The molecule has 0 aliphatic heterocycles. The van der Waals surface area contributed by atoms with Gasteiger partial charge >= 0.3 is 0 Å². The number of aromatic nitrogens is 2. The lowest BCUT2D eigenvalue weighted by molar-refractivity contribution is 0.102. The summed E-state index contributed by atoms with van der Waals surface area (Å²) in [4.78, 5) is 17.1. The lowest BCUT2D eigenvalue weighted by Crippen LogP contribution is -2.11. The molecule has 104 valence electrons. The van der Waals surface area contributed by atoms with E-state index >= 15 is 0 Å². The first-order valence-corrected chi connectivity index (χ1v) is 8.55. The van der Waals surface area contributed by atoms with Crippen molar-refractivity contribution < 1.29 is 9.00 Å². The number of benzene rings is 1. The molecule has 1 aromatic heterocycles. The van der Waals surface area contributed by atoms with E-state index in [0.29, 0.717) is 21.5 Å². The van der Waals surface area contributed by atoms with Crippen LogP contribution in [0.4, 0.5) is 5.13 Å². The van der Waals surface area contributed by atoms with E-state index in [0.717, 1.165) is 18.7 Å². The van der Waals surface area contributed by atoms with Crippen molar-refractivity contribution in [3.63, 3.8) is 0 Å². The summed E-state index contributed by atoms with van der Waals surface area (Å²) in [6.45, 7) is 0. The minimum atomic E-state index is -1.04. The normalized spacial score (nSPS) is 15.8. The first kappa shape index (κ1) is 13.4. The summed E-state index contributed by atoms with van der Waals surface area (Å²) in [7, 11) is -1.04. The van der Waals surface area contributed by atoms with Gasteiger partial charge in [0, 0.05) is 45.0 Å². The molecule has 1 heterocycles. The van der Waals surface area contributed by atoms with Crippen molar-refractivity contribution in [3.05, 3.63) is 35.7 Å². The minimum absolute atomic E-state index is 0.225. The molecule has 1 aromatic carbocycles. The summed E-state index contributed by atoms with van der Waals surface area (Å²) in [5, 5.41) is 3.27. The van der Waals surface area contributed by atoms with E-state index in [1.165, 1.54) is 11.5 Å². The summed E-state index contributed by atoms with van der Waals surface area (Å²) < 4.78 is 15.5. The van der Waals surface area contributed by atoms with Crippen LogP contribution in [0, 0.1) is 0 Å². The van der Waals surface area contributed by atoms with Crippen LogP contribution in [0.1, 0.15) is 34.9 Å². The highest BCUT2D eigenvalue weighted by atomic mass is 32.2. The van der Waals surface area contributed by atoms with E-state index < -0.39 is 10.8 Å². The Morgan fingerprint density at radius 3 is 2.65 bits per heavy atom. The van der Waals surface area contributed by atoms with Crippen molar-refractivity contribution in [2.75, 3.05) is 11.6 Å². The van der Waals surface area contributed by atoms with Crippen LogP contribution < -0.4 is 5.32 Å². The van der Waals surface area contributed by atoms with E-state index in [1.54, 1.807) is 30.5 Å². The van der Waals surface area contributed by atoms with Crippen LogP contribution in [0.25, 0.3) is 0 Å². The number of anilines is 1. The number of carbonyl (C=O) groups excluding carboxylic acids is 1. The van der Waals surface area contributed by atoms with Gasteiger partial charge in [-0.25, -0.2) is 4.98 Å². The predicted molar refractivity (Wildman–Crippen MR) is 78.6 cm³/mol. The zero-order valence-corrected chi connectivity index (χ0v) is 12.5. The Bertz CT molecular complexity index is 663. The number of nitrogens with one attached hydrogen (secondary N) is 1. The third kappa shape index (κ3) is 2.94. The molecule has 1 atom stereocenters. The largest absolute Gasteiger partial charge is 0.297 e. The summed E-state index contributed by atoms with van der Waals surface area (Å²) in [6.07, 6.45) is 3.88. The van der Waals surface area contributed by atoms with Gasteiger partial charge in [0.2, 0.25) is 5.13 Å². The number of hydrogen-bond acceptors (Lipinski definition) is 5. The second-order valence-corrected chi connectivity index (χ2v) is 6.80. The van der Waals surface area contributed by atoms with E-state index in [4.69, 9.17) is 0 Å². The van der Waals surface area contributed by atoms with Gasteiger partial charge in [-0.05, 0) is 37.1 Å². The molecule has 3 rings (SSSR count). The first-order valence-electron chi connectivity index (χ1n) is 6.22. The molecule has 0 radical (unpaired) electrons. The molecule has 7 heteroatoms. The SMILES string of the molecule is CS(=O)c1ccc(C(=O)Nc2nc(C3CC3)ns2)cc1. The van der Waals surface area contributed by atoms with Gasteiger partial charge in [-0.1, -0.05) is 0 Å². The van der Waals surface area contributed by atoms with Crippen molar-refractivity contribution in [3.8, 4) is 0 Å². The molecule has 1 aliphatic carbocycles. The minimum Gasteiger partial charge on any atom is -0.297 e. The summed E-state index contributed by atoms with van der Waals surface area (Å²) in [6, 6.07) is 6.71. The molecule has 2 aromatic rings. The predicted octanol–water partition coefficient (Wildman–Crippen LogP) is 2.41. The van der Waals surface area contributed by atoms with Crippen molar-refractivity contribution in [1.82, 2.24) is 9.36 Å². The molecule has 1 unspecified atom stereocenters. The van der Waals surface area contributed by atoms with Crippen LogP contribution in [0.3, 0.4) is 0 Å². The quantitative estimate of drug-likeness (QED) is 0.941. The second kappa shape index (κ2) is 5.41. The highest BCUT2D eigenvalue weighted by molar-refractivity contribution is 7.84. The Kier molecular flexibility index (Phi) is 3.62. The van der Waals surface area contributed by atoms with Crippen LogP contribution in [0.5, 0.6) is 0 Å². The number of amides is 1. The van der Waals surface area contributed by atoms with Gasteiger partial charge in [0.05, 0.1) is 0 Å². The van der Waals surface area contributed by atoms with Crippen LogP contribution in [-0.2, 0) is 10.8 Å². The maximum Gasteiger partial charge on any atom is 0.257 e. The number of hydrogen-bond donors (Lipinski definition) is 1. The van der Waals surface area contributed by atoms with Crippen LogP contribution >= 0.6 is 11.5 Å². The first-order chi connectivity index (χ1) is 9.63. The molecule has 1 N–H and O–H groups in total. The van der Waals surface area contributed by atoms with Crippen LogP contribution in [-0.4, -0.2) is 25.7 Å². The summed E-state index contributed by atoms with van der Waals surface area (Å²) in [5.41, 5.74) is 0.516. The smallest absolute Gasteiger partial charge is 0.257 e. The van der Waals surface area contributed by atoms with Gasteiger partial charge in [0.15, 0.2) is 0 Å². The monoisotopic (exact) mass is 307 g/mol. The number of nitrogens with zero attached hydrogens (tertiary/aromatic N) is 2. The van der Waals surface area contributed by atoms with Crippen molar-refractivity contribution in [2.45, 2.75) is 23.7 Å². The van der Waals surface area contributed by atoms with Gasteiger partial charge in [-0.2, -0.15) is 4.37 Å². The van der Waals surface area contributed by atoms with E-state index in [-0.39, 0.29) is 5.91 Å². The van der Waals surface area contributed by atoms with Crippen molar-refractivity contribution >= 4 is 33.4 Å². The summed E-state index contributed by atoms with van der Waals surface area (Å²) in [5.74, 6) is 1.09. The van der Waals surface area contributed by atoms with E-state index in [1.807, 2.05) is 0 Å². The molecule has 0 bridgehead atoms.